The molecule has 1 aromatic carbocycles. The molecule has 0 saturated carbocycles. The second-order valence-corrected chi connectivity index (χ2v) is 5.63. The molecule has 0 spiro atoms. The first-order chi connectivity index (χ1) is 8.85. The number of aryl methyl sites for hydroxylation is 1. The van der Waals surface area contributed by atoms with Gasteiger partial charge in [-0.15, -0.1) is 0 Å². The SMILES string of the molecule is COc1cc(C)c(S(=O)(=O)N[C@H](C)C#N)cc1OC. The molecule has 0 aromatic heterocycles. The van der Waals surface area contributed by atoms with Gasteiger partial charge < -0.3 is 9.47 Å². The van der Waals surface area contributed by atoms with Crippen LogP contribution >= 0.6 is 0 Å². The van der Waals surface area contributed by atoms with Gasteiger partial charge in [0.05, 0.1) is 25.2 Å². The molecule has 1 aromatic rings. The van der Waals surface area contributed by atoms with Crippen LogP contribution in [-0.2, 0) is 10.0 Å². The lowest BCUT2D eigenvalue weighted by atomic mass is 10.2. The van der Waals surface area contributed by atoms with Crippen LogP contribution in [0.15, 0.2) is 17.0 Å². The van der Waals surface area contributed by atoms with Crippen molar-refractivity contribution in [3.63, 3.8) is 0 Å². The number of nitriles is 1. The molecular formula is C12H16N2O4S. The Bertz CT molecular complexity index is 605. The molecule has 0 aliphatic carbocycles. The average molecular weight is 284 g/mol. The molecule has 19 heavy (non-hydrogen) atoms. The molecule has 0 unspecified atom stereocenters. The lowest BCUT2D eigenvalue weighted by Gasteiger charge is -2.14. The third-order valence-corrected chi connectivity index (χ3v) is 4.18. The molecule has 0 aliphatic rings. The number of hydrogen-bond acceptors (Lipinski definition) is 5. The van der Waals surface area contributed by atoms with E-state index in [0.717, 1.165) is 0 Å². The lowest BCUT2D eigenvalue weighted by Crippen LogP contribution is -2.31. The zero-order chi connectivity index (χ0) is 14.6. The monoisotopic (exact) mass is 284 g/mol. The van der Waals surface area contributed by atoms with E-state index in [4.69, 9.17) is 14.7 Å². The Kier molecular flexibility index (Phi) is 4.75. The van der Waals surface area contributed by atoms with Gasteiger partial charge in [-0.05, 0) is 25.5 Å². The normalized spacial score (nSPS) is 12.6. The van der Waals surface area contributed by atoms with Crippen LogP contribution in [0.4, 0.5) is 0 Å². The van der Waals surface area contributed by atoms with E-state index >= 15 is 0 Å². The van der Waals surface area contributed by atoms with Gasteiger partial charge in [-0.1, -0.05) is 0 Å². The van der Waals surface area contributed by atoms with Crippen LogP contribution in [0.2, 0.25) is 0 Å². The van der Waals surface area contributed by atoms with Crippen molar-refractivity contribution in [2.24, 2.45) is 0 Å². The van der Waals surface area contributed by atoms with E-state index in [9.17, 15) is 8.42 Å². The highest BCUT2D eigenvalue weighted by atomic mass is 32.2. The largest absolute Gasteiger partial charge is 0.493 e. The van der Waals surface area contributed by atoms with Crippen molar-refractivity contribution in [1.29, 1.82) is 5.26 Å². The van der Waals surface area contributed by atoms with Gasteiger partial charge in [-0.3, -0.25) is 0 Å². The van der Waals surface area contributed by atoms with Crippen LogP contribution in [0.5, 0.6) is 11.5 Å². The van der Waals surface area contributed by atoms with Crippen molar-refractivity contribution < 1.29 is 17.9 Å². The van der Waals surface area contributed by atoms with Gasteiger partial charge in [0.25, 0.3) is 0 Å². The van der Waals surface area contributed by atoms with E-state index in [2.05, 4.69) is 4.72 Å². The minimum absolute atomic E-state index is 0.0623. The fraction of sp³-hybridized carbons (Fsp3) is 0.417. The molecule has 0 heterocycles. The molecule has 0 saturated heterocycles. The molecule has 0 bridgehead atoms. The Morgan fingerprint density at radius 3 is 2.26 bits per heavy atom. The summed E-state index contributed by atoms with van der Waals surface area (Å²) < 4.78 is 36.7. The molecular weight excluding hydrogens is 268 g/mol. The van der Waals surface area contributed by atoms with Gasteiger partial charge in [0.2, 0.25) is 10.0 Å². The second kappa shape index (κ2) is 5.91. The maximum absolute atomic E-state index is 12.1. The zero-order valence-corrected chi connectivity index (χ0v) is 12.0. The molecule has 0 fully saturated rings. The standard InChI is InChI=1S/C12H16N2O4S/c1-8-5-10(17-3)11(18-4)6-12(8)19(15,16)14-9(2)7-13/h5-6,9,14H,1-4H3/t9-/m1/s1. The molecule has 1 atom stereocenters. The number of nitrogens with one attached hydrogen (secondary N) is 1. The molecule has 6 nitrogen and oxygen atoms in total. The zero-order valence-electron chi connectivity index (χ0n) is 11.2. The Morgan fingerprint density at radius 2 is 1.79 bits per heavy atom. The average Bonchev–Trinajstić information content (AvgIpc) is 2.37. The number of rotatable bonds is 5. The first-order valence-corrected chi connectivity index (χ1v) is 6.98. The Hall–Kier alpha value is -1.78. The van der Waals surface area contributed by atoms with Crippen molar-refractivity contribution in [3.05, 3.63) is 17.7 Å². The first-order valence-electron chi connectivity index (χ1n) is 5.50. The highest BCUT2D eigenvalue weighted by Crippen LogP contribution is 2.32. The minimum Gasteiger partial charge on any atom is -0.493 e. The number of nitrogens with zero attached hydrogens (tertiary/aromatic N) is 1. The van der Waals surface area contributed by atoms with Gasteiger partial charge in [0, 0.05) is 6.07 Å². The number of hydrogen-bond donors (Lipinski definition) is 1. The van der Waals surface area contributed by atoms with Crippen molar-refractivity contribution in [3.8, 4) is 17.6 Å². The van der Waals surface area contributed by atoms with Crippen molar-refractivity contribution in [1.82, 2.24) is 4.72 Å². The molecule has 104 valence electrons. The van der Waals surface area contributed by atoms with Crippen LogP contribution in [0.1, 0.15) is 12.5 Å². The van der Waals surface area contributed by atoms with E-state index in [1.165, 1.54) is 27.2 Å². The minimum atomic E-state index is -3.77. The van der Waals surface area contributed by atoms with Gasteiger partial charge in [0.1, 0.15) is 6.04 Å². The highest BCUT2D eigenvalue weighted by Gasteiger charge is 2.22. The predicted octanol–water partition coefficient (Wildman–Crippen LogP) is 1.20. The number of methoxy groups -OCH3 is 2. The summed E-state index contributed by atoms with van der Waals surface area (Å²) in [6.45, 7) is 3.11. The molecule has 1 N–H and O–H groups in total. The van der Waals surface area contributed by atoms with E-state index in [1.807, 2.05) is 6.07 Å². The quantitative estimate of drug-likeness (QED) is 0.877. The van der Waals surface area contributed by atoms with Gasteiger partial charge >= 0.3 is 0 Å². The second-order valence-electron chi connectivity index (χ2n) is 3.94. The van der Waals surface area contributed by atoms with Crippen LogP contribution in [0.3, 0.4) is 0 Å². The summed E-state index contributed by atoms with van der Waals surface area (Å²) in [5.74, 6) is 0.769. The predicted molar refractivity (Wildman–Crippen MR) is 69.7 cm³/mol. The molecule has 0 aliphatic heterocycles. The third-order valence-electron chi connectivity index (χ3n) is 2.50. The summed E-state index contributed by atoms with van der Waals surface area (Å²) in [6.07, 6.45) is 0. The van der Waals surface area contributed by atoms with E-state index in [0.29, 0.717) is 17.1 Å². The summed E-state index contributed by atoms with van der Waals surface area (Å²) >= 11 is 0. The van der Waals surface area contributed by atoms with Crippen molar-refractivity contribution in [2.45, 2.75) is 24.8 Å². The maximum Gasteiger partial charge on any atom is 0.242 e. The topological polar surface area (TPSA) is 88.4 Å². The maximum atomic E-state index is 12.1. The van der Waals surface area contributed by atoms with Crippen molar-refractivity contribution in [2.75, 3.05) is 14.2 Å². The molecule has 1 rings (SSSR count). The van der Waals surface area contributed by atoms with Crippen LogP contribution < -0.4 is 14.2 Å². The van der Waals surface area contributed by atoms with E-state index < -0.39 is 16.1 Å². The number of benzene rings is 1. The molecule has 0 amide bonds. The van der Waals surface area contributed by atoms with Crippen molar-refractivity contribution >= 4 is 10.0 Å². The van der Waals surface area contributed by atoms with Gasteiger partial charge in [-0.2, -0.15) is 9.98 Å². The number of sulfonamides is 1. The molecule has 7 heteroatoms. The number of ether oxygens (including phenoxy) is 2. The highest BCUT2D eigenvalue weighted by molar-refractivity contribution is 7.89. The van der Waals surface area contributed by atoms with E-state index in [1.54, 1.807) is 13.0 Å². The smallest absolute Gasteiger partial charge is 0.242 e. The fourth-order valence-electron chi connectivity index (χ4n) is 1.57. The summed E-state index contributed by atoms with van der Waals surface area (Å²) in [5.41, 5.74) is 0.510. The van der Waals surface area contributed by atoms with Gasteiger partial charge in [-0.25, -0.2) is 8.42 Å². The Morgan fingerprint density at radius 1 is 1.26 bits per heavy atom. The molecule has 0 radical (unpaired) electrons. The lowest BCUT2D eigenvalue weighted by molar-refractivity contribution is 0.353. The van der Waals surface area contributed by atoms with Crippen LogP contribution in [-0.4, -0.2) is 28.7 Å². The fourth-order valence-corrected chi connectivity index (χ4v) is 2.96. The van der Waals surface area contributed by atoms with Crippen LogP contribution in [0, 0.1) is 18.3 Å². The summed E-state index contributed by atoms with van der Waals surface area (Å²) in [7, 11) is -0.869. The Labute approximate surface area is 113 Å². The van der Waals surface area contributed by atoms with E-state index in [-0.39, 0.29) is 4.90 Å². The summed E-state index contributed by atoms with van der Waals surface area (Å²) in [5, 5.41) is 8.68. The Balaban J connectivity index is 3.32. The summed E-state index contributed by atoms with van der Waals surface area (Å²) in [6, 6.07) is 3.96. The van der Waals surface area contributed by atoms with Crippen LogP contribution in [0.25, 0.3) is 0 Å². The van der Waals surface area contributed by atoms with Gasteiger partial charge in [0.15, 0.2) is 11.5 Å². The third kappa shape index (κ3) is 3.36. The summed E-state index contributed by atoms with van der Waals surface area (Å²) in [4.78, 5) is 0.0623. The first kappa shape index (κ1) is 15.3.